The van der Waals surface area contributed by atoms with E-state index in [1.165, 1.54) is 18.7 Å². The number of thioether (sulfide) groups is 1. The van der Waals surface area contributed by atoms with Gasteiger partial charge in [0.15, 0.2) is 0 Å². The van der Waals surface area contributed by atoms with Gasteiger partial charge in [-0.05, 0) is 0 Å². The minimum atomic E-state index is -1.30. The molecule has 2 aliphatic rings. The lowest BCUT2D eigenvalue weighted by Gasteiger charge is -2.49. The lowest BCUT2D eigenvalue weighted by Crippen LogP contribution is -2.70. The van der Waals surface area contributed by atoms with Crippen molar-refractivity contribution in [1.82, 2.24) is 10.2 Å². The number of β-lactam (4-membered cyclic amide) rings is 1. The first-order valence-corrected chi connectivity index (χ1v) is 9.03. The molecular weight excluding hydrogens is 364 g/mol. The van der Waals surface area contributed by atoms with Gasteiger partial charge in [-0.15, -0.1) is 11.8 Å². The molecule has 0 aromatic heterocycles. The van der Waals surface area contributed by atoms with Crippen LogP contribution in [0.3, 0.4) is 0 Å². The number of aliphatic carboxylic acids is 1. The minimum absolute atomic E-state index is 0.208. The van der Waals surface area contributed by atoms with Crippen LogP contribution in [0.1, 0.15) is 27.2 Å². The van der Waals surface area contributed by atoms with Crippen LogP contribution in [0.4, 0.5) is 0 Å². The summed E-state index contributed by atoms with van der Waals surface area (Å²) < 4.78 is 4.84. The molecule has 0 spiro atoms. The van der Waals surface area contributed by atoms with Crippen molar-refractivity contribution < 1.29 is 33.8 Å². The first kappa shape index (κ1) is 20.0. The highest BCUT2D eigenvalue weighted by molar-refractivity contribution is 8.00. The molecule has 2 N–H and O–H groups in total. The van der Waals surface area contributed by atoms with Gasteiger partial charge in [-0.3, -0.25) is 24.1 Å². The molecule has 2 amide bonds. The van der Waals surface area contributed by atoms with Gasteiger partial charge in [0, 0.05) is 24.2 Å². The number of nitrogens with zero attached hydrogens (tertiary/aromatic N) is 1. The number of amides is 2. The van der Waals surface area contributed by atoms with Gasteiger partial charge in [0.25, 0.3) is 5.91 Å². The van der Waals surface area contributed by atoms with Crippen LogP contribution in [0.5, 0.6) is 0 Å². The van der Waals surface area contributed by atoms with E-state index in [-0.39, 0.29) is 36.2 Å². The number of carbonyl (C=O) groups is 5. The minimum Gasteiger partial charge on any atom is -0.477 e. The van der Waals surface area contributed by atoms with E-state index in [1.807, 2.05) is 0 Å². The molecule has 2 heterocycles. The van der Waals surface area contributed by atoms with Crippen LogP contribution < -0.4 is 5.32 Å². The Morgan fingerprint density at radius 2 is 2.00 bits per heavy atom. The zero-order valence-corrected chi connectivity index (χ0v) is 15.4. The Labute approximate surface area is 154 Å². The van der Waals surface area contributed by atoms with Crippen molar-refractivity contribution in [3.05, 3.63) is 11.3 Å². The molecule has 26 heavy (non-hydrogen) atoms. The first-order chi connectivity index (χ1) is 12.1. The number of ketones is 1. The number of hydrogen-bond acceptors (Lipinski definition) is 7. The van der Waals surface area contributed by atoms with Gasteiger partial charge in [-0.2, -0.15) is 0 Å². The molecule has 0 unspecified atom stereocenters. The Bertz CT molecular complexity index is 701. The van der Waals surface area contributed by atoms with E-state index in [0.29, 0.717) is 5.57 Å². The highest BCUT2D eigenvalue weighted by Crippen LogP contribution is 2.40. The zero-order chi connectivity index (χ0) is 19.6. The fraction of sp³-hybridized carbons (Fsp3) is 0.562. The number of rotatable bonds is 7. The second-order valence-corrected chi connectivity index (χ2v) is 7.40. The van der Waals surface area contributed by atoms with Gasteiger partial charge in [0.1, 0.15) is 29.5 Å². The van der Waals surface area contributed by atoms with E-state index in [1.54, 1.807) is 13.8 Å². The summed E-state index contributed by atoms with van der Waals surface area (Å²) in [4.78, 5) is 59.5. The molecule has 10 heteroatoms. The van der Waals surface area contributed by atoms with Crippen LogP contribution in [0.2, 0.25) is 0 Å². The predicted molar refractivity (Wildman–Crippen MR) is 90.8 cm³/mol. The number of fused-ring (bicyclic) bond motifs is 1. The summed E-state index contributed by atoms with van der Waals surface area (Å²) >= 11 is 1.27. The number of Topliss-reactive ketones (excluding diaryl/α,β-unsaturated/α-hetero) is 1. The van der Waals surface area contributed by atoms with Gasteiger partial charge >= 0.3 is 11.9 Å². The van der Waals surface area contributed by atoms with E-state index in [2.05, 4.69) is 5.32 Å². The summed E-state index contributed by atoms with van der Waals surface area (Å²) in [5.74, 6) is -3.25. The van der Waals surface area contributed by atoms with Gasteiger partial charge in [-0.1, -0.05) is 13.8 Å². The van der Waals surface area contributed by atoms with Crippen molar-refractivity contribution in [3.63, 3.8) is 0 Å². The van der Waals surface area contributed by atoms with Gasteiger partial charge in [0.05, 0.1) is 6.42 Å². The molecule has 2 atom stereocenters. The molecule has 1 fully saturated rings. The zero-order valence-electron chi connectivity index (χ0n) is 14.6. The normalized spacial score (nSPS) is 21.8. The molecule has 0 aromatic carbocycles. The van der Waals surface area contributed by atoms with Crippen LogP contribution in [0.15, 0.2) is 11.3 Å². The summed E-state index contributed by atoms with van der Waals surface area (Å²) in [5.41, 5.74) is 0.103. The number of carboxylic acids is 1. The molecule has 0 saturated carbocycles. The molecule has 0 aliphatic carbocycles. The molecule has 0 aromatic rings. The second-order valence-electron chi connectivity index (χ2n) is 6.29. The summed E-state index contributed by atoms with van der Waals surface area (Å²) in [5, 5.41) is 11.4. The smallest absolute Gasteiger partial charge is 0.352 e. The van der Waals surface area contributed by atoms with Crippen LogP contribution in [0, 0.1) is 5.92 Å². The van der Waals surface area contributed by atoms with E-state index in [4.69, 9.17) is 4.74 Å². The summed E-state index contributed by atoms with van der Waals surface area (Å²) in [6.45, 7) is 4.35. The van der Waals surface area contributed by atoms with Crippen molar-refractivity contribution in [2.24, 2.45) is 5.92 Å². The fourth-order valence-corrected chi connectivity index (χ4v) is 3.90. The molecular formula is C16H20N2O7S. The first-order valence-electron chi connectivity index (χ1n) is 7.99. The van der Waals surface area contributed by atoms with E-state index < -0.39 is 35.2 Å². The van der Waals surface area contributed by atoms with Gasteiger partial charge in [0.2, 0.25) is 5.91 Å². The van der Waals surface area contributed by atoms with Crippen LogP contribution in [-0.2, 0) is 28.7 Å². The van der Waals surface area contributed by atoms with Gasteiger partial charge < -0.3 is 15.2 Å². The predicted octanol–water partition coefficient (Wildman–Crippen LogP) is -0.0967. The summed E-state index contributed by atoms with van der Waals surface area (Å²) in [6.07, 6.45) is -0.321. The number of carbonyl (C=O) groups excluding carboxylic acids is 4. The molecule has 0 radical (unpaired) electrons. The Hall–Kier alpha value is -2.36. The highest BCUT2D eigenvalue weighted by atomic mass is 32.2. The molecule has 9 nitrogen and oxygen atoms in total. The highest BCUT2D eigenvalue weighted by Gasteiger charge is 2.54. The van der Waals surface area contributed by atoms with Crippen LogP contribution in [0.25, 0.3) is 0 Å². The summed E-state index contributed by atoms with van der Waals surface area (Å²) in [7, 11) is 0. The van der Waals surface area contributed by atoms with Crippen molar-refractivity contribution in [2.75, 3.05) is 12.4 Å². The quantitative estimate of drug-likeness (QED) is 0.354. The third-order valence-corrected chi connectivity index (χ3v) is 5.33. The Kier molecular flexibility index (Phi) is 6.06. The third kappa shape index (κ3) is 4.06. The maximum atomic E-state index is 12.4. The SMILES string of the molecule is CC(=O)OCC1=C(C(=O)O)N2C(=O)[C@@H](NC(=O)CC(=O)C(C)C)[C@@H]2SC1. The van der Waals surface area contributed by atoms with Gasteiger partial charge in [-0.25, -0.2) is 4.79 Å². The Balaban J connectivity index is 2.09. The number of nitrogens with one attached hydrogen (secondary N) is 1. The average molecular weight is 384 g/mol. The molecule has 2 aliphatic heterocycles. The molecule has 2 rings (SSSR count). The largest absolute Gasteiger partial charge is 0.477 e. The third-order valence-electron chi connectivity index (χ3n) is 3.99. The number of ether oxygens (including phenoxy) is 1. The van der Waals surface area contributed by atoms with E-state index in [9.17, 15) is 29.1 Å². The van der Waals surface area contributed by atoms with Crippen molar-refractivity contribution >= 4 is 41.3 Å². The standard InChI is InChI=1S/C16H20N2O7S/c1-7(2)10(20)4-11(21)17-12-14(22)18-13(16(23)24)9(5-25-8(3)19)6-26-15(12)18/h7,12,15H,4-6H2,1-3H3,(H,17,21)(H,23,24)/t12-,15+/m1/s1. The van der Waals surface area contributed by atoms with Crippen molar-refractivity contribution in [2.45, 2.75) is 38.6 Å². The van der Waals surface area contributed by atoms with Crippen molar-refractivity contribution in [3.8, 4) is 0 Å². The van der Waals surface area contributed by atoms with Crippen LogP contribution >= 0.6 is 11.8 Å². The average Bonchev–Trinajstić information content (AvgIpc) is 2.56. The lowest BCUT2D eigenvalue weighted by atomic mass is 10.0. The second kappa shape index (κ2) is 7.90. The van der Waals surface area contributed by atoms with E-state index >= 15 is 0 Å². The molecule has 0 bridgehead atoms. The van der Waals surface area contributed by atoms with Crippen LogP contribution in [-0.4, -0.2) is 63.3 Å². The Morgan fingerprint density at radius 3 is 2.54 bits per heavy atom. The fourth-order valence-electron chi connectivity index (χ4n) is 2.57. The maximum Gasteiger partial charge on any atom is 0.352 e. The number of hydrogen-bond donors (Lipinski definition) is 2. The number of carboxylic acid groups (broad SMARTS) is 1. The lowest BCUT2D eigenvalue weighted by molar-refractivity contribution is -0.151. The number of esters is 1. The van der Waals surface area contributed by atoms with Crippen molar-refractivity contribution in [1.29, 1.82) is 0 Å². The van der Waals surface area contributed by atoms with E-state index in [0.717, 1.165) is 4.90 Å². The maximum absolute atomic E-state index is 12.4. The molecule has 142 valence electrons. The summed E-state index contributed by atoms with van der Waals surface area (Å²) in [6, 6.07) is -0.878. The molecule has 1 saturated heterocycles. The Morgan fingerprint density at radius 1 is 1.35 bits per heavy atom. The topological polar surface area (TPSA) is 130 Å². The monoisotopic (exact) mass is 384 g/mol.